The lowest BCUT2D eigenvalue weighted by Gasteiger charge is -2.34. The summed E-state index contributed by atoms with van der Waals surface area (Å²) in [7, 11) is 0. The van der Waals surface area contributed by atoms with Crippen LogP contribution in [0, 0.1) is 5.41 Å². The Kier molecular flexibility index (Phi) is 4.12. The van der Waals surface area contributed by atoms with Gasteiger partial charge in [0.15, 0.2) is 0 Å². The molecule has 0 aliphatic carbocycles. The summed E-state index contributed by atoms with van der Waals surface area (Å²) < 4.78 is 5.24. The Labute approximate surface area is 105 Å². The van der Waals surface area contributed by atoms with E-state index in [0.29, 0.717) is 13.2 Å². The maximum Gasteiger partial charge on any atom is 0.313 e. The molecule has 1 aliphatic rings. The highest BCUT2D eigenvalue weighted by molar-refractivity contribution is 7.09. The fraction of sp³-hybridized carbons (Fsp3) is 0.667. The summed E-state index contributed by atoms with van der Waals surface area (Å²) >= 11 is 1.60. The minimum absolute atomic E-state index is 0.0689. The lowest BCUT2D eigenvalue weighted by molar-refractivity contribution is -0.156. The minimum Gasteiger partial charge on any atom is -0.466 e. The van der Waals surface area contributed by atoms with E-state index in [0.717, 1.165) is 30.7 Å². The van der Waals surface area contributed by atoms with Crippen LogP contribution in [-0.4, -0.2) is 30.6 Å². The fourth-order valence-electron chi connectivity index (χ4n) is 2.31. The predicted octanol–water partition coefficient (Wildman–Crippen LogP) is 1.62. The molecule has 0 saturated carbocycles. The molecule has 1 aliphatic heterocycles. The van der Waals surface area contributed by atoms with Gasteiger partial charge in [-0.3, -0.25) is 9.78 Å². The number of rotatable bonds is 4. The molecule has 17 heavy (non-hydrogen) atoms. The van der Waals surface area contributed by atoms with E-state index in [1.54, 1.807) is 11.3 Å². The summed E-state index contributed by atoms with van der Waals surface area (Å²) in [6.07, 6.45) is 4.51. The third-order valence-electron chi connectivity index (χ3n) is 3.18. The number of nitrogens with one attached hydrogen (secondary N) is 1. The van der Waals surface area contributed by atoms with E-state index in [4.69, 9.17) is 4.74 Å². The van der Waals surface area contributed by atoms with E-state index >= 15 is 0 Å². The molecule has 1 aromatic rings. The van der Waals surface area contributed by atoms with Gasteiger partial charge in [-0.15, -0.1) is 11.3 Å². The topological polar surface area (TPSA) is 51.2 Å². The molecule has 0 aromatic carbocycles. The van der Waals surface area contributed by atoms with Gasteiger partial charge in [0, 0.05) is 24.0 Å². The second-order valence-electron chi connectivity index (χ2n) is 4.43. The Morgan fingerprint density at radius 2 is 2.59 bits per heavy atom. The van der Waals surface area contributed by atoms with Crippen LogP contribution in [0.1, 0.15) is 24.6 Å². The number of aromatic nitrogens is 1. The van der Waals surface area contributed by atoms with Crippen LogP contribution in [-0.2, 0) is 16.0 Å². The van der Waals surface area contributed by atoms with Gasteiger partial charge in [0.2, 0.25) is 0 Å². The Morgan fingerprint density at radius 1 is 1.71 bits per heavy atom. The van der Waals surface area contributed by atoms with E-state index < -0.39 is 0 Å². The lowest BCUT2D eigenvalue weighted by atomic mass is 9.77. The van der Waals surface area contributed by atoms with Crippen molar-refractivity contribution in [2.75, 3.05) is 19.7 Å². The fourth-order valence-corrected chi connectivity index (χ4v) is 3.05. The summed E-state index contributed by atoms with van der Waals surface area (Å²) in [5.41, 5.74) is 1.42. The van der Waals surface area contributed by atoms with E-state index in [9.17, 15) is 4.79 Å². The molecule has 1 atom stereocenters. The monoisotopic (exact) mass is 254 g/mol. The van der Waals surface area contributed by atoms with Crippen molar-refractivity contribution in [3.05, 3.63) is 16.6 Å². The third-order valence-corrected chi connectivity index (χ3v) is 3.96. The van der Waals surface area contributed by atoms with E-state index in [2.05, 4.69) is 10.3 Å². The van der Waals surface area contributed by atoms with Crippen LogP contribution in [0.4, 0.5) is 0 Å². The second-order valence-corrected chi connectivity index (χ2v) is 5.40. The molecule has 0 unspecified atom stereocenters. The van der Waals surface area contributed by atoms with Gasteiger partial charge in [0.1, 0.15) is 0 Å². The standard InChI is InChI=1S/C12H18N2O2S/c1-2-16-11(15)12(4-3-5-13-8-12)6-10-7-14-9-17-10/h7,9,13H,2-6,8H2,1H3/t12-/m0/s1. The summed E-state index contributed by atoms with van der Waals surface area (Å²) in [5.74, 6) is -0.0689. The van der Waals surface area contributed by atoms with Crippen LogP contribution < -0.4 is 5.32 Å². The van der Waals surface area contributed by atoms with Crippen molar-refractivity contribution in [2.45, 2.75) is 26.2 Å². The van der Waals surface area contributed by atoms with Gasteiger partial charge in [0.05, 0.1) is 17.5 Å². The first kappa shape index (κ1) is 12.5. The van der Waals surface area contributed by atoms with Crippen molar-refractivity contribution >= 4 is 17.3 Å². The van der Waals surface area contributed by atoms with E-state index in [-0.39, 0.29) is 11.4 Å². The van der Waals surface area contributed by atoms with Crippen LogP contribution in [0.5, 0.6) is 0 Å². The molecule has 1 saturated heterocycles. The smallest absolute Gasteiger partial charge is 0.313 e. The predicted molar refractivity (Wildman–Crippen MR) is 67.0 cm³/mol. The van der Waals surface area contributed by atoms with E-state index in [1.807, 2.05) is 18.6 Å². The van der Waals surface area contributed by atoms with Crippen molar-refractivity contribution in [1.82, 2.24) is 10.3 Å². The average molecular weight is 254 g/mol. The number of hydrogen-bond acceptors (Lipinski definition) is 5. The maximum atomic E-state index is 12.2. The number of piperidine rings is 1. The molecule has 0 amide bonds. The molecular weight excluding hydrogens is 236 g/mol. The SMILES string of the molecule is CCOC(=O)[C@]1(Cc2cncs2)CCCNC1. The van der Waals surface area contributed by atoms with Gasteiger partial charge in [-0.1, -0.05) is 0 Å². The van der Waals surface area contributed by atoms with Crippen molar-refractivity contribution in [1.29, 1.82) is 0 Å². The van der Waals surface area contributed by atoms with Gasteiger partial charge >= 0.3 is 5.97 Å². The quantitative estimate of drug-likeness (QED) is 0.830. The van der Waals surface area contributed by atoms with E-state index in [1.165, 1.54) is 0 Å². The third kappa shape index (κ3) is 2.84. The normalized spacial score (nSPS) is 24.5. The van der Waals surface area contributed by atoms with Gasteiger partial charge < -0.3 is 10.1 Å². The van der Waals surface area contributed by atoms with Crippen LogP contribution >= 0.6 is 11.3 Å². The second kappa shape index (κ2) is 5.60. The highest BCUT2D eigenvalue weighted by Gasteiger charge is 2.41. The van der Waals surface area contributed by atoms with Crippen molar-refractivity contribution in [3.63, 3.8) is 0 Å². The number of carbonyl (C=O) groups excluding carboxylic acids is 1. The van der Waals surface area contributed by atoms with Crippen LogP contribution in [0.15, 0.2) is 11.7 Å². The summed E-state index contributed by atoms with van der Waals surface area (Å²) in [6, 6.07) is 0. The highest BCUT2D eigenvalue weighted by atomic mass is 32.1. The van der Waals surface area contributed by atoms with Gasteiger partial charge in [0.25, 0.3) is 0 Å². The molecule has 4 nitrogen and oxygen atoms in total. The van der Waals surface area contributed by atoms with Gasteiger partial charge in [-0.05, 0) is 26.3 Å². The number of nitrogens with zero attached hydrogens (tertiary/aromatic N) is 1. The number of ether oxygens (including phenoxy) is 1. The molecule has 1 N–H and O–H groups in total. The highest BCUT2D eigenvalue weighted by Crippen LogP contribution is 2.33. The first-order valence-electron chi connectivity index (χ1n) is 6.02. The van der Waals surface area contributed by atoms with Crippen molar-refractivity contribution < 1.29 is 9.53 Å². The number of carbonyl (C=O) groups is 1. The Bertz CT molecular complexity index is 359. The summed E-state index contributed by atoms with van der Waals surface area (Å²) in [5, 5.41) is 3.31. The number of hydrogen-bond donors (Lipinski definition) is 1. The molecule has 1 fully saturated rings. The minimum atomic E-state index is -0.388. The Balaban J connectivity index is 2.14. The van der Waals surface area contributed by atoms with Crippen LogP contribution in [0.25, 0.3) is 0 Å². The zero-order valence-corrected chi connectivity index (χ0v) is 10.9. The molecule has 0 bridgehead atoms. The zero-order chi connectivity index (χ0) is 12.1. The summed E-state index contributed by atoms with van der Waals surface area (Å²) in [6.45, 7) is 4.01. The Hall–Kier alpha value is -0.940. The van der Waals surface area contributed by atoms with Crippen LogP contribution in [0.3, 0.4) is 0 Å². The molecule has 0 radical (unpaired) electrons. The summed E-state index contributed by atoms with van der Waals surface area (Å²) in [4.78, 5) is 17.4. The molecule has 2 rings (SSSR count). The molecule has 0 spiro atoms. The first-order valence-corrected chi connectivity index (χ1v) is 6.90. The maximum absolute atomic E-state index is 12.2. The van der Waals surface area contributed by atoms with Gasteiger partial charge in [-0.25, -0.2) is 0 Å². The van der Waals surface area contributed by atoms with Crippen LogP contribution in [0.2, 0.25) is 0 Å². The molecule has 94 valence electrons. The molecule has 5 heteroatoms. The average Bonchev–Trinajstić information content (AvgIpc) is 2.83. The van der Waals surface area contributed by atoms with Crippen molar-refractivity contribution in [3.8, 4) is 0 Å². The molecule has 2 heterocycles. The first-order chi connectivity index (χ1) is 8.27. The lowest BCUT2D eigenvalue weighted by Crippen LogP contribution is -2.47. The largest absolute Gasteiger partial charge is 0.466 e. The zero-order valence-electron chi connectivity index (χ0n) is 10.1. The van der Waals surface area contributed by atoms with Crippen molar-refractivity contribution in [2.24, 2.45) is 5.41 Å². The molecular formula is C12H18N2O2S. The Morgan fingerprint density at radius 3 is 3.18 bits per heavy atom. The molecule has 1 aromatic heterocycles. The number of thiazole rings is 1. The number of esters is 1. The van der Waals surface area contributed by atoms with Gasteiger partial charge in [-0.2, -0.15) is 0 Å².